The van der Waals surface area contributed by atoms with Crippen LogP contribution in [0, 0.1) is 0 Å². The summed E-state index contributed by atoms with van der Waals surface area (Å²) in [5, 5.41) is 0. The average molecular weight is 187 g/mol. The van der Waals surface area contributed by atoms with E-state index in [0.717, 1.165) is 0 Å². The molecule has 0 bridgehead atoms. The van der Waals surface area contributed by atoms with Crippen LogP contribution in [0.2, 0.25) is 0 Å². The van der Waals surface area contributed by atoms with Crippen molar-refractivity contribution in [1.29, 1.82) is 0 Å². The summed E-state index contributed by atoms with van der Waals surface area (Å²) in [6, 6.07) is 0. The summed E-state index contributed by atoms with van der Waals surface area (Å²) in [7, 11) is 1.17. The van der Waals surface area contributed by atoms with E-state index in [1.165, 1.54) is 9.12 Å². The SMILES string of the molecule is O=[PH2+].[Mn+2].[O-2].[O-2].[V]. The third-order valence-electron chi connectivity index (χ3n) is 0. The summed E-state index contributed by atoms with van der Waals surface area (Å²) in [5.41, 5.74) is 0. The molecule has 0 heterocycles. The molecule has 0 N–H and O–H groups in total. The summed E-state index contributed by atoms with van der Waals surface area (Å²) in [6.07, 6.45) is 0. The second kappa shape index (κ2) is 127. The summed E-state index contributed by atoms with van der Waals surface area (Å²) >= 11 is 0. The summed E-state index contributed by atoms with van der Waals surface area (Å²) in [6.45, 7) is 0. The van der Waals surface area contributed by atoms with Crippen molar-refractivity contribution in [3.63, 3.8) is 0 Å². The van der Waals surface area contributed by atoms with E-state index >= 15 is 0 Å². The maximum atomic E-state index is 8.17. The molecule has 0 saturated heterocycles. The number of hydrogen-bond donors (Lipinski definition) is 0. The molecule has 0 aromatic carbocycles. The van der Waals surface area contributed by atoms with Crippen LogP contribution in [0.4, 0.5) is 0 Å². The molecule has 0 saturated carbocycles. The van der Waals surface area contributed by atoms with Crippen molar-refractivity contribution < 1.29 is 51.1 Å². The smallest absolute Gasteiger partial charge is 2.00 e. The van der Waals surface area contributed by atoms with E-state index in [-0.39, 0.29) is 46.6 Å². The quantitative estimate of drug-likeness (QED) is 0.387. The van der Waals surface area contributed by atoms with Gasteiger partial charge in [-0.15, -0.1) is 0 Å². The Morgan fingerprint density at radius 3 is 1.00 bits per heavy atom. The summed E-state index contributed by atoms with van der Waals surface area (Å²) in [5.74, 6) is 0. The number of rotatable bonds is 0. The second-order valence-corrected chi connectivity index (χ2v) is 0. The summed E-state index contributed by atoms with van der Waals surface area (Å²) in [4.78, 5) is 0. The molecule has 0 aromatic heterocycles. The van der Waals surface area contributed by atoms with E-state index in [2.05, 4.69) is 0 Å². The zero-order chi connectivity index (χ0) is 2.00. The van der Waals surface area contributed by atoms with Crippen molar-refractivity contribution in [3.05, 3.63) is 0 Å². The summed E-state index contributed by atoms with van der Waals surface area (Å²) < 4.78 is 8.17. The van der Waals surface area contributed by atoms with E-state index in [1.807, 2.05) is 0 Å². The Morgan fingerprint density at radius 2 is 1.00 bits per heavy atom. The third-order valence-corrected chi connectivity index (χ3v) is 0. The molecule has 2 radical (unpaired) electrons. The van der Waals surface area contributed by atoms with Gasteiger partial charge in [0.1, 0.15) is 0 Å². The molecule has 0 rings (SSSR count). The first kappa shape index (κ1) is 59.2. The van der Waals surface area contributed by atoms with Gasteiger partial charge >= 0.3 is 26.2 Å². The molecule has 1 atom stereocenters. The molecule has 3 nitrogen and oxygen atoms in total. The average Bonchev–Trinajstić information content (AvgIpc) is 1.00. The van der Waals surface area contributed by atoms with Crippen LogP contribution in [0.5, 0.6) is 0 Å². The fourth-order valence-electron chi connectivity index (χ4n) is 0. The van der Waals surface area contributed by atoms with Crippen molar-refractivity contribution in [1.82, 2.24) is 0 Å². The van der Waals surface area contributed by atoms with Crippen molar-refractivity contribution >= 4 is 9.12 Å². The van der Waals surface area contributed by atoms with Gasteiger partial charge in [0.25, 0.3) is 0 Å². The Labute approximate surface area is 60.5 Å². The zero-order valence-corrected chi connectivity index (χ0v) is 6.36. The van der Waals surface area contributed by atoms with Crippen LogP contribution in [0.3, 0.4) is 0 Å². The predicted molar refractivity (Wildman–Crippen MR) is 11.8 cm³/mol. The molecule has 0 aliphatic carbocycles. The monoisotopic (exact) mass is 187 g/mol. The van der Waals surface area contributed by atoms with Gasteiger partial charge < -0.3 is 11.0 Å². The minimum absolute atomic E-state index is 0. The normalized spacial score (nSPS) is 0.667. The Kier molecular flexibility index (Phi) is 1260. The minimum Gasteiger partial charge on any atom is -2.00 e. The Balaban J connectivity index is -0.000000000833. The van der Waals surface area contributed by atoms with Gasteiger partial charge in [0.2, 0.25) is 0 Å². The first-order valence-electron chi connectivity index (χ1n) is 0.236. The zero-order valence-electron chi connectivity index (χ0n) is 2.63. The first-order valence-corrected chi connectivity index (χ1v) is 0.707. The third kappa shape index (κ3) is 69.0. The van der Waals surface area contributed by atoms with E-state index in [1.54, 1.807) is 0 Å². The molecule has 6 heteroatoms. The maximum absolute atomic E-state index is 8.17. The maximum Gasteiger partial charge on any atom is 2.00 e. The first-order chi connectivity index (χ1) is 1.00. The van der Waals surface area contributed by atoms with Gasteiger partial charge in [-0.3, -0.25) is 0 Å². The van der Waals surface area contributed by atoms with Crippen molar-refractivity contribution in [2.45, 2.75) is 0 Å². The fraction of sp³-hybridized carbons (Fsp3) is 0. The molecule has 0 amide bonds. The molecule has 1 unspecified atom stereocenters. The van der Waals surface area contributed by atoms with Crippen LogP contribution in [-0.4, -0.2) is 0 Å². The standard InChI is InChI=1S/Mn.H2OP.2O.V/c;1-2;;;/h;2H2;;;/q+2;+1;2*-2;. The minimum atomic E-state index is 0. The van der Waals surface area contributed by atoms with Crippen molar-refractivity contribution in [2.24, 2.45) is 0 Å². The van der Waals surface area contributed by atoms with Crippen molar-refractivity contribution in [2.75, 3.05) is 0 Å². The molecule has 0 aliphatic rings. The van der Waals surface area contributed by atoms with Crippen LogP contribution >= 0.6 is 9.12 Å². The Bertz CT molecular complexity index is 10.8. The van der Waals surface area contributed by atoms with E-state index < -0.39 is 0 Å². The van der Waals surface area contributed by atoms with Crippen LogP contribution in [0.15, 0.2) is 0 Å². The van der Waals surface area contributed by atoms with Gasteiger partial charge in [-0.1, -0.05) is 4.57 Å². The molecular formula is H2MnO3PV-. The molecule has 0 spiro atoms. The molecule has 0 fully saturated rings. The van der Waals surface area contributed by atoms with Crippen LogP contribution in [-0.2, 0) is 51.1 Å². The van der Waals surface area contributed by atoms with Gasteiger partial charge in [0.15, 0.2) is 0 Å². The van der Waals surface area contributed by atoms with Gasteiger partial charge in [-0.25, -0.2) is 0 Å². The fourth-order valence-corrected chi connectivity index (χ4v) is 0. The second-order valence-electron chi connectivity index (χ2n) is 0. The van der Waals surface area contributed by atoms with Crippen molar-refractivity contribution in [3.8, 4) is 0 Å². The Hall–Kier alpha value is 1.12. The molecule has 0 aliphatic heterocycles. The van der Waals surface area contributed by atoms with Gasteiger partial charge in [0, 0.05) is 18.6 Å². The largest absolute Gasteiger partial charge is 2.00 e. The van der Waals surface area contributed by atoms with Crippen LogP contribution in [0.25, 0.3) is 0 Å². The topological polar surface area (TPSA) is 74.1 Å². The molecular weight excluding hydrogens is 185 g/mol. The van der Waals surface area contributed by atoms with Gasteiger partial charge in [0.05, 0.1) is 0 Å². The van der Waals surface area contributed by atoms with Crippen LogP contribution < -0.4 is 0 Å². The van der Waals surface area contributed by atoms with E-state index in [0.29, 0.717) is 0 Å². The van der Waals surface area contributed by atoms with E-state index in [4.69, 9.17) is 4.57 Å². The Morgan fingerprint density at radius 1 is 1.00 bits per heavy atom. The van der Waals surface area contributed by atoms with Gasteiger partial charge in [-0.2, -0.15) is 0 Å². The molecule has 38 valence electrons. The predicted octanol–water partition coefficient (Wildman–Crippen LogP) is -0.0356. The number of hydrogen-bond acceptors (Lipinski definition) is 1. The molecule has 0 aromatic rings. The molecule has 6 heavy (non-hydrogen) atoms. The van der Waals surface area contributed by atoms with E-state index in [9.17, 15) is 0 Å². The van der Waals surface area contributed by atoms with Crippen LogP contribution in [0.1, 0.15) is 0 Å². The van der Waals surface area contributed by atoms with Gasteiger partial charge in [-0.05, 0) is 0 Å².